The minimum atomic E-state index is -0.483. The Hall–Kier alpha value is -1.14. The lowest BCUT2D eigenvalue weighted by Gasteiger charge is -2.10. The summed E-state index contributed by atoms with van der Waals surface area (Å²) in [5.74, 6) is 0.589. The van der Waals surface area contributed by atoms with Crippen LogP contribution in [0.25, 0.3) is 0 Å². The van der Waals surface area contributed by atoms with Crippen molar-refractivity contribution in [3.8, 4) is 5.75 Å². The third-order valence-corrected chi connectivity index (χ3v) is 2.25. The fourth-order valence-electron chi connectivity index (χ4n) is 1.47. The maximum atomic E-state index is 9.06. The van der Waals surface area contributed by atoms with E-state index in [0.29, 0.717) is 30.1 Å². The first-order valence-corrected chi connectivity index (χ1v) is 5.89. The van der Waals surface area contributed by atoms with E-state index in [2.05, 4.69) is 0 Å². The molecule has 0 aliphatic rings. The molecular weight excluding hydrogens is 236 g/mol. The standard InChI is InChI=1S/C13H20O5/c1-10(16)9-17-2-3-18-13-5-11(7-14)4-12(6-13)8-15/h4-6,10,14-16H,2-3,7-9H2,1H3. The van der Waals surface area contributed by atoms with Crippen molar-refractivity contribution in [2.24, 2.45) is 0 Å². The number of ether oxygens (including phenoxy) is 2. The Balaban J connectivity index is 2.41. The van der Waals surface area contributed by atoms with Crippen molar-refractivity contribution in [1.29, 1.82) is 0 Å². The topological polar surface area (TPSA) is 79.2 Å². The van der Waals surface area contributed by atoms with E-state index in [9.17, 15) is 0 Å². The molecule has 0 aliphatic heterocycles. The zero-order chi connectivity index (χ0) is 13.4. The quantitative estimate of drug-likeness (QED) is 0.588. The SMILES string of the molecule is CC(O)COCCOc1cc(CO)cc(CO)c1. The molecule has 1 unspecified atom stereocenters. The van der Waals surface area contributed by atoms with E-state index >= 15 is 0 Å². The van der Waals surface area contributed by atoms with Crippen molar-refractivity contribution in [3.05, 3.63) is 29.3 Å². The second kappa shape index (κ2) is 8.05. The molecule has 1 atom stereocenters. The lowest BCUT2D eigenvalue weighted by atomic mass is 10.1. The smallest absolute Gasteiger partial charge is 0.120 e. The van der Waals surface area contributed by atoms with E-state index in [1.807, 2.05) is 0 Å². The molecule has 0 aromatic heterocycles. The Bertz CT molecular complexity index is 329. The number of hydrogen-bond donors (Lipinski definition) is 3. The second-order valence-corrected chi connectivity index (χ2v) is 4.07. The molecule has 0 radical (unpaired) electrons. The Kier molecular flexibility index (Phi) is 6.67. The summed E-state index contributed by atoms with van der Waals surface area (Å²) in [4.78, 5) is 0. The average molecular weight is 256 g/mol. The molecule has 1 rings (SSSR count). The van der Waals surface area contributed by atoms with Crippen LogP contribution in [0.3, 0.4) is 0 Å². The van der Waals surface area contributed by atoms with Crippen LogP contribution in [-0.4, -0.2) is 41.2 Å². The zero-order valence-corrected chi connectivity index (χ0v) is 10.5. The lowest BCUT2D eigenvalue weighted by molar-refractivity contribution is 0.0328. The maximum absolute atomic E-state index is 9.06. The summed E-state index contributed by atoms with van der Waals surface area (Å²) in [6, 6.07) is 5.15. The molecule has 5 heteroatoms. The predicted molar refractivity (Wildman–Crippen MR) is 66.3 cm³/mol. The summed E-state index contributed by atoms with van der Waals surface area (Å²) in [6.07, 6.45) is -0.483. The predicted octanol–water partition coefficient (Wildman–Crippen LogP) is 0.447. The molecule has 0 aliphatic carbocycles. The van der Waals surface area contributed by atoms with Gasteiger partial charge in [0.25, 0.3) is 0 Å². The van der Waals surface area contributed by atoms with Gasteiger partial charge in [0.05, 0.1) is 32.5 Å². The number of aliphatic hydroxyl groups is 3. The van der Waals surface area contributed by atoms with E-state index in [1.54, 1.807) is 25.1 Å². The third-order valence-electron chi connectivity index (χ3n) is 2.25. The maximum Gasteiger partial charge on any atom is 0.120 e. The van der Waals surface area contributed by atoms with Crippen molar-refractivity contribution in [2.45, 2.75) is 26.2 Å². The zero-order valence-electron chi connectivity index (χ0n) is 10.5. The van der Waals surface area contributed by atoms with Crippen LogP contribution < -0.4 is 4.74 Å². The van der Waals surface area contributed by atoms with Crippen molar-refractivity contribution < 1.29 is 24.8 Å². The molecule has 1 aromatic rings. The van der Waals surface area contributed by atoms with Gasteiger partial charge in [-0.3, -0.25) is 0 Å². The molecule has 18 heavy (non-hydrogen) atoms. The summed E-state index contributed by atoms with van der Waals surface area (Å²) in [7, 11) is 0. The summed E-state index contributed by atoms with van der Waals surface area (Å²) < 4.78 is 10.6. The number of hydrogen-bond acceptors (Lipinski definition) is 5. The first-order chi connectivity index (χ1) is 8.65. The van der Waals surface area contributed by atoms with E-state index in [-0.39, 0.29) is 19.8 Å². The monoisotopic (exact) mass is 256 g/mol. The van der Waals surface area contributed by atoms with Gasteiger partial charge in [-0.25, -0.2) is 0 Å². The Morgan fingerprint density at radius 3 is 2.17 bits per heavy atom. The van der Waals surface area contributed by atoms with Crippen molar-refractivity contribution in [1.82, 2.24) is 0 Å². The van der Waals surface area contributed by atoms with Crippen LogP contribution in [-0.2, 0) is 18.0 Å². The molecule has 0 saturated heterocycles. The largest absolute Gasteiger partial charge is 0.491 e. The summed E-state index contributed by atoms with van der Waals surface area (Å²) >= 11 is 0. The number of rotatable bonds is 8. The van der Waals surface area contributed by atoms with Gasteiger partial charge in [0.15, 0.2) is 0 Å². The first-order valence-electron chi connectivity index (χ1n) is 5.89. The van der Waals surface area contributed by atoms with E-state index in [1.165, 1.54) is 0 Å². The third kappa shape index (κ3) is 5.46. The highest BCUT2D eigenvalue weighted by atomic mass is 16.5. The molecule has 5 nitrogen and oxygen atoms in total. The van der Waals surface area contributed by atoms with Gasteiger partial charge in [-0.2, -0.15) is 0 Å². The van der Waals surface area contributed by atoms with Gasteiger partial charge in [0.1, 0.15) is 12.4 Å². The van der Waals surface area contributed by atoms with Crippen LogP contribution >= 0.6 is 0 Å². The van der Waals surface area contributed by atoms with Crippen LogP contribution in [0.1, 0.15) is 18.1 Å². The summed E-state index contributed by atoms with van der Waals surface area (Å²) in [5.41, 5.74) is 1.39. The van der Waals surface area contributed by atoms with Crippen LogP contribution in [0.15, 0.2) is 18.2 Å². The van der Waals surface area contributed by atoms with E-state index < -0.39 is 6.10 Å². The van der Waals surface area contributed by atoms with Gasteiger partial charge in [-0.15, -0.1) is 0 Å². The Morgan fingerprint density at radius 2 is 1.67 bits per heavy atom. The normalized spacial score (nSPS) is 12.4. The van der Waals surface area contributed by atoms with Gasteiger partial charge >= 0.3 is 0 Å². The Labute approximate surface area is 107 Å². The molecule has 0 heterocycles. The first kappa shape index (κ1) is 14.9. The molecular formula is C13H20O5. The summed E-state index contributed by atoms with van der Waals surface area (Å²) in [6.45, 7) is 2.47. The fraction of sp³-hybridized carbons (Fsp3) is 0.538. The van der Waals surface area contributed by atoms with Gasteiger partial charge in [-0.1, -0.05) is 6.07 Å². The minimum absolute atomic E-state index is 0.0945. The molecule has 0 spiro atoms. The van der Waals surface area contributed by atoms with Gasteiger partial charge in [0.2, 0.25) is 0 Å². The van der Waals surface area contributed by atoms with Crippen LogP contribution in [0.5, 0.6) is 5.75 Å². The molecule has 102 valence electrons. The molecule has 1 aromatic carbocycles. The van der Waals surface area contributed by atoms with Crippen molar-refractivity contribution in [3.63, 3.8) is 0 Å². The highest BCUT2D eigenvalue weighted by molar-refractivity contribution is 5.33. The molecule has 0 bridgehead atoms. The number of benzene rings is 1. The van der Waals surface area contributed by atoms with Crippen LogP contribution in [0.2, 0.25) is 0 Å². The van der Waals surface area contributed by atoms with Crippen LogP contribution in [0.4, 0.5) is 0 Å². The molecule has 0 amide bonds. The molecule has 3 N–H and O–H groups in total. The van der Waals surface area contributed by atoms with Crippen LogP contribution in [0, 0.1) is 0 Å². The van der Waals surface area contributed by atoms with Crippen molar-refractivity contribution in [2.75, 3.05) is 19.8 Å². The van der Waals surface area contributed by atoms with Gasteiger partial charge in [0, 0.05) is 0 Å². The fourth-order valence-corrected chi connectivity index (χ4v) is 1.47. The highest BCUT2D eigenvalue weighted by Gasteiger charge is 2.02. The van der Waals surface area contributed by atoms with E-state index in [4.69, 9.17) is 24.8 Å². The Morgan fingerprint density at radius 1 is 1.06 bits per heavy atom. The second-order valence-electron chi connectivity index (χ2n) is 4.07. The highest BCUT2D eigenvalue weighted by Crippen LogP contribution is 2.17. The lowest BCUT2D eigenvalue weighted by Crippen LogP contribution is -2.14. The van der Waals surface area contributed by atoms with Crippen molar-refractivity contribution >= 4 is 0 Å². The minimum Gasteiger partial charge on any atom is -0.491 e. The van der Waals surface area contributed by atoms with Gasteiger partial charge in [-0.05, 0) is 30.2 Å². The molecule has 0 saturated carbocycles. The average Bonchev–Trinajstić information content (AvgIpc) is 2.37. The van der Waals surface area contributed by atoms with Gasteiger partial charge < -0.3 is 24.8 Å². The van der Waals surface area contributed by atoms with E-state index in [0.717, 1.165) is 0 Å². The molecule has 0 fully saturated rings. The number of aliphatic hydroxyl groups excluding tert-OH is 3. The summed E-state index contributed by atoms with van der Waals surface area (Å²) in [5, 5.41) is 27.1.